The van der Waals surface area contributed by atoms with Gasteiger partial charge in [0.2, 0.25) is 5.88 Å². The third kappa shape index (κ3) is 5.41. The van der Waals surface area contributed by atoms with Crippen molar-refractivity contribution in [3.8, 4) is 5.88 Å². The number of hydrogen-bond donors (Lipinski definition) is 1. The number of nitrogens with one attached hydrogen (secondary N) is 1. The van der Waals surface area contributed by atoms with Crippen molar-refractivity contribution in [2.45, 2.75) is 26.3 Å². The van der Waals surface area contributed by atoms with Crippen molar-refractivity contribution in [1.82, 2.24) is 10.3 Å². The molecule has 1 aromatic carbocycles. The van der Waals surface area contributed by atoms with Gasteiger partial charge in [-0.3, -0.25) is 0 Å². The Morgan fingerprint density at radius 1 is 1.05 bits per heavy atom. The Bertz CT molecular complexity index is 482. The highest BCUT2D eigenvalue weighted by molar-refractivity contribution is 5.16. The van der Waals surface area contributed by atoms with E-state index in [1.165, 1.54) is 5.56 Å². The van der Waals surface area contributed by atoms with Gasteiger partial charge in [-0.1, -0.05) is 36.4 Å². The minimum Gasteiger partial charge on any atom is -0.478 e. The summed E-state index contributed by atoms with van der Waals surface area (Å²) in [7, 11) is 0. The Balaban J connectivity index is 1.51. The van der Waals surface area contributed by atoms with Gasteiger partial charge in [0.05, 0.1) is 6.61 Å². The molecule has 0 saturated heterocycles. The lowest BCUT2D eigenvalue weighted by molar-refractivity contribution is 0.294. The maximum Gasteiger partial charge on any atom is 0.213 e. The number of aromatic nitrogens is 1. The summed E-state index contributed by atoms with van der Waals surface area (Å²) >= 11 is 0. The van der Waals surface area contributed by atoms with Gasteiger partial charge in [0.1, 0.15) is 0 Å². The number of aryl methyl sites for hydroxylation is 1. The standard InChI is InChI=1S/C17H22N2O/c1-15-9-10-17(19-13-15)20-12-6-5-11-18-14-16-7-3-2-4-8-16/h2-4,7-10,13,18H,5-6,11-12,14H2,1H3. The van der Waals surface area contributed by atoms with Crippen LogP contribution in [0.3, 0.4) is 0 Å². The van der Waals surface area contributed by atoms with Crippen molar-refractivity contribution in [3.63, 3.8) is 0 Å². The van der Waals surface area contributed by atoms with Crippen LogP contribution in [0, 0.1) is 6.92 Å². The van der Waals surface area contributed by atoms with Gasteiger partial charge in [-0.25, -0.2) is 4.98 Å². The highest BCUT2D eigenvalue weighted by atomic mass is 16.5. The van der Waals surface area contributed by atoms with Crippen LogP contribution < -0.4 is 10.1 Å². The number of benzene rings is 1. The Kier molecular flexibility index (Phi) is 6.06. The Morgan fingerprint density at radius 3 is 2.65 bits per heavy atom. The highest BCUT2D eigenvalue weighted by Gasteiger charge is 1.95. The molecule has 0 fully saturated rings. The summed E-state index contributed by atoms with van der Waals surface area (Å²) in [4.78, 5) is 4.21. The van der Waals surface area contributed by atoms with Crippen molar-refractivity contribution < 1.29 is 4.74 Å². The lowest BCUT2D eigenvalue weighted by Crippen LogP contribution is -2.15. The average Bonchev–Trinajstić information content (AvgIpc) is 2.49. The molecule has 20 heavy (non-hydrogen) atoms. The van der Waals surface area contributed by atoms with E-state index >= 15 is 0 Å². The van der Waals surface area contributed by atoms with Crippen LogP contribution in [0.5, 0.6) is 5.88 Å². The third-order valence-electron chi connectivity index (χ3n) is 3.05. The topological polar surface area (TPSA) is 34.1 Å². The molecule has 106 valence electrons. The first kappa shape index (κ1) is 14.5. The summed E-state index contributed by atoms with van der Waals surface area (Å²) in [5.74, 6) is 0.716. The zero-order valence-corrected chi connectivity index (χ0v) is 12.0. The first-order valence-electron chi connectivity index (χ1n) is 7.15. The molecule has 2 aromatic rings. The van der Waals surface area contributed by atoms with E-state index in [1.54, 1.807) is 0 Å². The Labute approximate surface area is 121 Å². The molecular formula is C17H22N2O. The minimum absolute atomic E-state index is 0.716. The quantitative estimate of drug-likeness (QED) is 0.747. The fourth-order valence-electron chi connectivity index (χ4n) is 1.90. The molecule has 0 saturated carbocycles. The van der Waals surface area contributed by atoms with E-state index in [0.29, 0.717) is 5.88 Å². The zero-order chi connectivity index (χ0) is 14.0. The van der Waals surface area contributed by atoms with Gasteiger partial charge in [0.25, 0.3) is 0 Å². The van der Waals surface area contributed by atoms with Gasteiger partial charge in [0.15, 0.2) is 0 Å². The average molecular weight is 270 g/mol. The van der Waals surface area contributed by atoms with Crippen molar-refractivity contribution >= 4 is 0 Å². The molecule has 1 aromatic heterocycles. The molecule has 0 aliphatic heterocycles. The third-order valence-corrected chi connectivity index (χ3v) is 3.05. The smallest absolute Gasteiger partial charge is 0.213 e. The van der Waals surface area contributed by atoms with Crippen LogP contribution >= 0.6 is 0 Å². The summed E-state index contributed by atoms with van der Waals surface area (Å²) in [5.41, 5.74) is 2.48. The molecule has 1 N–H and O–H groups in total. The van der Waals surface area contributed by atoms with Crippen LogP contribution in [0.1, 0.15) is 24.0 Å². The van der Waals surface area contributed by atoms with Crippen LogP contribution in [0.4, 0.5) is 0 Å². The molecule has 0 bridgehead atoms. The normalized spacial score (nSPS) is 10.4. The molecule has 0 unspecified atom stereocenters. The monoisotopic (exact) mass is 270 g/mol. The van der Waals surface area contributed by atoms with Crippen LogP contribution in [0.15, 0.2) is 48.7 Å². The summed E-state index contributed by atoms with van der Waals surface area (Å²) in [6.45, 7) is 4.69. The van der Waals surface area contributed by atoms with E-state index in [-0.39, 0.29) is 0 Å². The summed E-state index contributed by atoms with van der Waals surface area (Å²) in [6.07, 6.45) is 3.98. The van der Waals surface area contributed by atoms with Crippen LogP contribution in [-0.2, 0) is 6.54 Å². The Hall–Kier alpha value is -1.87. The lowest BCUT2D eigenvalue weighted by atomic mass is 10.2. The van der Waals surface area contributed by atoms with Crippen molar-refractivity contribution in [2.75, 3.05) is 13.2 Å². The van der Waals surface area contributed by atoms with Crippen molar-refractivity contribution in [2.24, 2.45) is 0 Å². The number of ether oxygens (including phenoxy) is 1. The first-order valence-corrected chi connectivity index (χ1v) is 7.15. The number of nitrogens with zero attached hydrogens (tertiary/aromatic N) is 1. The molecule has 0 radical (unpaired) electrons. The van der Waals surface area contributed by atoms with Crippen molar-refractivity contribution in [1.29, 1.82) is 0 Å². The fourth-order valence-corrected chi connectivity index (χ4v) is 1.90. The van der Waals surface area contributed by atoms with Crippen LogP contribution in [0.25, 0.3) is 0 Å². The molecule has 1 heterocycles. The van der Waals surface area contributed by atoms with E-state index in [4.69, 9.17) is 4.74 Å². The second-order valence-corrected chi connectivity index (χ2v) is 4.89. The predicted octanol–water partition coefficient (Wildman–Crippen LogP) is 3.34. The number of rotatable bonds is 8. The van der Waals surface area contributed by atoms with Gasteiger partial charge in [0, 0.05) is 18.8 Å². The highest BCUT2D eigenvalue weighted by Crippen LogP contribution is 2.07. The predicted molar refractivity (Wildman–Crippen MR) is 81.9 cm³/mol. The summed E-state index contributed by atoms with van der Waals surface area (Å²) in [5, 5.41) is 3.44. The second-order valence-electron chi connectivity index (χ2n) is 4.89. The van der Waals surface area contributed by atoms with E-state index in [2.05, 4.69) is 34.6 Å². The molecule has 0 spiro atoms. The van der Waals surface area contributed by atoms with E-state index in [0.717, 1.165) is 38.1 Å². The molecular weight excluding hydrogens is 248 g/mol. The summed E-state index contributed by atoms with van der Waals surface area (Å²) < 4.78 is 5.59. The molecule has 3 heteroatoms. The maximum absolute atomic E-state index is 5.59. The van der Waals surface area contributed by atoms with E-state index in [1.807, 2.05) is 31.3 Å². The zero-order valence-electron chi connectivity index (χ0n) is 12.0. The van der Waals surface area contributed by atoms with Gasteiger partial charge in [-0.15, -0.1) is 0 Å². The van der Waals surface area contributed by atoms with Gasteiger partial charge in [-0.2, -0.15) is 0 Å². The number of unbranched alkanes of at least 4 members (excludes halogenated alkanes) is 1. The number of pyridine rings is 1. The minimum atomic E-state index is 0.716. The fraction of sp³-hybridized carbons (Fsp3) is 0.353. The molecule has 3 nitrogen and oxygen atoms in total. The summed E-state index contributed by atoms with van der Waals surface area (Å²) in [6, 6.07) is 14.4. The van der Waals surface area contributed by atoms with Crippen molar-refractivity contribution in [3.05, 3.63) is 59.8 Å². The molecule has 2 rings (SSSR count). The molecule has 0 amide bonds. The number of hydrogen-bond acceptors (Lipinski definition) is 3. The molecule has 0 atom stereocenters. The van der Waals surface area contributed by atoms with E-state index in [9.17, 15) is 0 Å². The van der Waals surface area contributed by atoms with E-state index < -0.39 is 0 Å². The van der Waals surface area contributed by atoms with Crippen LogP contribution in [-0.4, -0.2) is 18.1 Å². The second kappa shape index (κ2) is 8.33. The Morgan fingerprint density at radius 2 is 1.90 bits per heavy atom. The SMILES string of the molecule is Cc1ccc(OCCCCNCc2ccccc2)nc1. The lowest BCUT2D eigenvalue weighted by Gasteiger charge is -2.06. The first-order chi connectivity index (χ1) is 9.84. The molecule has 0 aliphatic carbocycles. The van der Waals surface area contributed by atoms with Gasteiger partial charge >= 0.3 is 0 Å². The van der Waals surface area contributed by atoms with Crippen LogP contribution in [0.2, 0.25) is 0 Å². The van der Waals surface area contributed by atoms with Gasteiger partial charge < -0.3 is 10.1 Å². The largest absolute Gasteiger partial charge is 0.478 e. The molecule has 0 aliphatic rings. The maximum atomic E-state index is 5.59. The van der Waals surface area contributed by atoms with Gasteiger partial charge in [-0.05, 0) is 37.4 Å².